The highest BCUT2D eigenvalue weighted by molar-refractivity contribution is 5.37. The Bertz CT molecular complexity index is 399. The Balaban J connectivity index is 2.80. The van der Waals surface area contributed by atoms with E-state index >= 15 is 0 Å². The fourth-order valence-corrected chi connectivity index (χ4v) is 1.29. The van der Waals surface area contributed by atoms with E-state index in [1.165, 1.54) is 6.20 Å². The lowest BCUT2D eigenvalue weighted by Gasteiger charge is -2.18. The quantitative estimate of drug-likeness (QED) is 0.784. The maximum absolute atomic E-state index is 8.82. The molecule has 1 aromatic rings. The molecule has 0 spiro atoms. The monoisotopic (exact) mass is 221 g/mol. The van der Waals surface area contributed by atoms with Crippen molar-refractivity contribution in [2.45, 2.75) is 13.0 Å². The maximum Gasteiger partial charge on any atom is 0.253 e. The van der Waals surface area contributed by atoms with Crippen LogP contribution in [0.2, 0.25) is 0 Å². The van der Waals surface area contributed by atoms with Crippen LogP contribution in [-0.4, -0.2) is 41.6 Å². The Morgan fingerprint density at radius 3 is 2.88 bits per heavy atom. The molecule has 2 N–H and O–H groups in total. The lowest BCUT2D eigenvalue weighted by molar-refractivity contribution is 0.169. The predicted molar refractivity (Wildman–Crippen MR) is 59.8 cm³/mol. The maximum atomic E-state index is 8.82. The second kappa shape index (κ2) is 5.28. The SMILES string of the molecule is C[C@@H](CN(C)C)Oc1nc(N)cnc1C#N. The van der Waals surface area contributed by atoms with E-state index in [2.05, 4.69) is 9.97 Å². The molecule has 1 heterocycles. The Morgan fingerprint density at radius 1 is 1.62 bits per heavy atom. The Morgan fingerprint density at radius 2 is 2.31 bits per heavy atom. The van der Waals surface area contributed by atoms with Crippen molar-refractivity contribution in [2.24, 2.45) is 0 Å². The van der Waals surface area contributed by atoms with E-state index in [1.807, 2.05) is 32.0 Å². The van der Waals surface area contributed by atoms with Gasteiger partial charge in [-0.1, -0.05) is 0 Å². The molecule has 0 unspecified atom stereocenters. The molecule has 0 bridgehead atoms. The van der Waals surface area contributed by atoms with Crippen molar-refractivity contribution in [1.29, 1.82) is 5.26 Å². The van der Waals surface area contributed by atoms with Crippen molar-refractivity contribution in [3.05, 3.63) is 11.9 Å². The van der Waals surface area contributed by atoms with Crippen molar-refractivity contribution < 1.29 is 4.74 Å². The van der Waals surface area contributed by atoms with Crippen LogP contribution in [0.1, 0.15) is 12.6 Å². The van der Waals surface area contributed by atoms with E-state index in [1.54, 1.807) is 0 Å². The number of anilines is 1. The largest absolute Gasteiger partial charge is 0.471 e. The summed E-state index contributed by atoms with van der Waals surface area (Å²) in [7, 11) is 3.88. The van der Waals surface area contributed by atoms with E-state index in [0.29, 0.717) is 0 Å². The van der Waals surface area contributed by atoms with Gasteiger partial charge in [0, 0.05) is 6.54 Å². The number of nitrogens with two attached hydrogens (primary N) is 1. The second-order valence-corrected chi connectivity index (χ2v) is 3.75. The normalized spacial score (nSPS) is 12.2. The summed E-state index contributed by atoms with van der Waals surface area (Å²) in [6.07, 6.45) is 1.25. The van der Waals surface area contributed by atoms with Crippen molar-refractivity contribution in [3.8, 4) is 11.9 Å². The zero-order chi connectivity index (χ0) is 12.1. The lowest BCUT2D eigenvalue weighted by atomic mass is 10.4. The molecule has 0 amide bonds. The molecule has 0 fully saturated rings. The van der Waals surface area contributed by atoms with E-state index in [0.717, 1.165) is 6.54 Å². The van der Waals surface area contributed by atoms with E-state index in [4.69, 9.17) is 15.7 Å². The average Bonchev–Trinajstić information content (AvgIpc) is 2.16. The molecule has 6 heteroatoms. The van der Waals surface area contributed by atoms with Gasteiger partial charge in [0.2, 0.25) is 5.69 Å². The highest BCUT2D eigenvalue weighted by Gasteiger charge is 2.12. The minimum Gasteiger partial charge on any atom is -0.471 e. The number of likely N-dealkylation sites (N-methyl/N-ethyl adjacent to an activating group) is 1. The van der Waals surface area contributed by atoms with Crippen molar-refractivity contribution in [2.75, 3.05) is 26.4 Å². The van der Waals surface area contributed by atoms with Gasteiger partial charge in [-0.15, -0.1) is 0 Å². The van der Waals surface area contributed by atoms with Gasteiger partial charge in [0.25, 0.3) is 5.88 Å². The Labute approximate surface area is 94.7 Å². The van der Waals surface area contributed by atoms with E-state index in [9.17, 15) is 0 Å². The van der Waals surface area contributed by atoms with Crippen LogP contribution in [0.15, 0.2) is 6.20 Å². The number of hydrogen-bond donors (Lipinski definition) is 1. The van der Waals surface area contributed by atoms with Gasteiger partial charge in [-0.25, -0.2) is 4.98 Å². The number of nitrogens with zero attached hydrogens (tertiary/aromatic N) is 4. The van der Waals surface area contributed by atoms with E-state index in [-0.39, 0.29) is 23.5 Å². The number of aromatic nitrogens is 2. The Kier molecular flexibility index (Phi) is 4.03. The van der Waals surface area contributed by atoms with Crippen molar-refractivity contribution in [3.63, 3.8) is 0 Å². The summed E-state index contributed by atoms with van der Waals surface area (Å²) in [5.74, 6) is 0.433. The highest BCUT2D eigenvalue weighted by Crippen LogP contribution is 2.14. The van der Waals surface area contributed by atoms with Crippen LogP contribution in [0, 0.1) is 11.3 Å². The highest BCUT2D eigenvalue weighted by atomic mass is 16.5. The first-order valence-corrected chi connectivity index (χ1v) is 4.87. The molecule has 16 heavy (non-hydrogen) atoms. The second-order valence-electron chi connectivity index (χ2n) is 3.75. The fraction of sp³-hybridized carbons (Fsp3) is 0.500. The number of hydrogen-bond acceptors (Lipinski definition) is 6. The third kappa shape index (κ3) is 3.37. The first-order chi connectivity index (χ1) is 7.52. The fourth-order valence-electron chi connectivity index (χ4n) is 1.29. The molecular formula is C10H15N5O. The van der Waals surface area contributed by atoms with Crippen LogP contribution in [0.25, 0.3) is 0 Å². The molecule has 0 aliphatic rings. The van der Waals surface area contributed by atoms with Crippen LogP contribution in [-0.2, 0) is 0 Å². The number of nitrogen functional groups attached to an aromatic ring is 1. The Hall–Kier alpha value is -1.87. The molecule has 86 valence electrons. The van der Waals surface area contributed by atoms with Gasteiger partial charge in [0.15, 0.2) is 0 Å². The zero-order valence-electron chi connectivity index (χ0n) is 9.64. The molecule has 6 nitrogen and oxygen atoms in total. The third-order valence-corrected chi connectivity index (χ3v) is 1.80. The molecule has 0 radical (unpaired) electrons. The summed E-state index contributed by atoms with van der Waals surface area (Å²) < 4.78 is 5.51. The first kappa shape index (κ1) is 12.2. The standard InChI is InChI=1S/C10H15N5O/c1-7(6-15(2)3)16-10-8(4-11)13-5-9(12)14-10/h5,7H,6H2,1-3H3,(H2,12,14)/t7-/m0/s1. The summed E-state index contributed by atoms with van der Waals surface area (Å²) in [6.45, 7) is 2.62. The van der Waals surface area contributed by atoms with Gasteiger partial charge in [-0.3, -0.25) is 0 Å². The van der Waals surface area contributed by atoms with Crippen LogP contribution >= 0.6 is 0 Å². The molecule has 1 rings (SSSR count). The van der Waals surface area contributed by atoms with Crippen LogP contribution in [0.5, 0.6) is 5.88 Å². The summed E-state index contributed by atoms with van der Waals surface area (Å²) >= 11 is 0. The smallest absolute Gasteiger partial charge is 0.253 e. The summed E-state index contributed by atoms with van der Waals surface area (Å²) in [5.41, 5.74) is 5.64. The average molecular weight is 221 g/mol. The molecule has 0 aromatic carbocycles. The minimum atomic E-state index is -0.0850. The molecular weight excluding hydrogens is 206 g/mol. The number of nitriles is 1. The molecule has 0 aliphatic carbocycles. The molecule has 1 atom stereocenters. The minimum absolute atomic E-state index is 0.0850. The summed E-state index contributed by atoms with van der Waals surface area (Å²) in [4.78, 5) is 9.77. The number of ether oxygens (including phenoxy) is 1. The first-order valence-electron chi connectivity index (χ1n) is 4.87. The van der Waals surface area contributed by atoms with Crippen LogP contribution in [0.4, 0.5) is 5.82 Å². The molecule has 0 saturated carbocycles. The molecule has 0 saturated heterocycles. The zero-order valence-corrected chi connectivity index (χ0v) is 9.64. The van der Waals surface area contributed by atoms with Gasteiger partial charge in [0.05, 0.1) is 6.20 Å². The predicted octanol–water partition coefficient (Wildman–Crippen LogP) is 0.259. The summed E-state index contributed by atoms with van der Waals surface area (Å²) in [6, 6.07) is 1.91. The molecule has 0 aliphatic heterocycles. The van der Waals surface area contributed by atoms with Gasteiger partial charge in [0.1, 0.15) is 18.0 Å². The van der Waals surface area contributed by atoms with Crippen LogP contribution in [0.3, 0.4) is 0 Å². The van der Waals surface area contributed by atoms with Gasteiger partial charge in [-0.05, 0) is 21.0 Å². The van der Waals surface area contributed by atoms with Crippen molar-refractivity contribution in [1.82, 2.24) is 14.9 Å². The number of rotatable bonds is 4. The summed E-state index contributed by atoms with van der Waals surface area (Å²) in [5, 5.41) is 8.82. The third-order valence-electron chi connectivity index (χ3n) is 1.80. The van der Waals surface area contributed by atoms with Gasteiger partial charge >= 0.3 is 0 Å². The van der Waals surface area contributed by atoms with Crippen molar-refractivity contribution >= 4 is 5.82 Å². The van der Waals surface area contributed by atoms with Gasteiger partial charge in [-0.2, -0.15) is 10.2 Å². The topological polar surface area (TPSA) is 88.1 Å². The molecule has 1 aromatic heterocycles. The van der Waals surface area contributed by atoms with Crippen LogP contribution < -0.4 is 10.5 Å². The lowest BCUT2D eigenvalue weighted by Crippen LogP contribution is -2.28. The van der Waals surface area contributed by atoms with Gasteiger partial charge < -0.3 is 15.4 Å². The van der Waals surface area contributed by atoms with E-state index < -0.39 is 0 Å².